The van der Waals surface area contributed by atoms with Crippen LogP contribution in [0.3, 0.4) is 0 Å². The zero-order chi connectivity index (χ0) is 48.0. The zero-order valence-corrected chi connectivity index (χ0v) is 41.7. The third-order valence-electron chi connectivity index (χ3n) is 15.0. The second-order valence-electron chi connectivity index (χ2n) is 20.4. The smallest absolute Gasteiger partial charge is 0.321 e. The van der Waals surface area contributed by atoms with E-state index in [9.17, 15) is 24.9 Å². The summed E-state index contributed by atoms with van der Waals surface area (Å²) < 4.78 is 11.1. The van der Waals surface area contributed by atoms with Crippen LogP contribution in [-0.4, -0.2) is 67.5 Å². The third kappa shape index (κ3) is 11.1. The summed E-state index contributed by atoms with van der Waals surface area (Å²) in [5.41, 5.74) is 8.99. The predicted octanol–water partition coefficient (Wildman–Crippen LogP) is 11.4. The molecule has 6 rings (SSSR count). The number of hydrogen-bond donors (Lipinski definition) is 5. The molecule has 0 fully saturated rings. The van der Waals surface area contributed by atoms with Gasteiger partial charge in [-0.15, -0.1) is 0 Å². The molecule has 7 atom stereocenters. The molecule has 11 nitrogen and oxygen atoms in total. The van der Waals surface area contributed by atoms with Crippen molar-refractivity contribution in [1.29, 1.82) is 0 Å². The van der Waals surface area contributed by atoms with Crippen molar-refractivity contribution in [2.75, 3.05) is 20.3 Å². The molecule has 0 amide bonds. The molecule has 0 unspecified atom stereocenters. The van der Waals surface area contributed by atoms with Crippen molar-refractivity contribution < 1.29 is 34.4 Å². The molecule has 3 aromatic heterocycles. The van der Waals surface area contributed by atoms with Crippen LogP contribution in [0.2, 0.25) is 0 Å². The van der Waals surface area contributed by atoms with E-state index in [1.54, 1.807) is 0 Å². The van der Waals surface area contributed by atoms with Gasteiger partial charge in [-0.3, -0.25) is 19.6 Å². The number of hydrogen-bond acceptors (Lipinski definition) is 9. The summed E-state index contributed by atoms with van der Waals surface area (Å²) in [6.45, 7) is 21.3. The molecule has 8 bridgehead atoms. The zero-order valence-electron chi connectivity index (χ0n) is 41.7. The number of fused-ring (bicyclic) bond motifs is 8. The molecule has 0 saturated heterocycles. The maximum atomic E-state index is 13.7. The van der Waals surface area contributed by atoms with Crippen LogP contribution in [0.4, 0.5) is 0 Å². The topological polar surface area (TPSA) is 171 Å². The number of aromatic amines is 2. The van der Waals surface area contributed by atoms with Gasteiger partial charge in [-0.2, -0.15) is 0 Å². The van der Waals surface area contributed by atoms with Crippen molar-refractivity contribution in [3.05, 3.63) is 79.8 Å². The second-order valence-corrected chi connectivity index (χ2v) is 20.4. The van der Waals surface area contributed by atoms with Crippen molar-refractivity contribution in [3.63, 3.8) is 0 Å². The predicted molar refractivity (Wildman–Crippen MR) is 265 cm³/mol. The van der Waals surface area contributed by atoms with Crippen LogP contribution in [0.25, 0.3) is 33.6 Å². The van der Waals surface area contributed by atoms with E-state index in [1.165, 1.54) is 57.6 Å². The van der Waals surface area contributed by atoms with Crippen molar-refractivity contribution >= 4 is 45.5 Å². The first-order valence-corrected chi connectivity index (χ1v) is 24.9. The number of nitrogens with one attached hydrogen (secondary N) is 2. The van der Waals surface area contributed by atoms with Crippen LogP contribution >= 0.6 is 0 Å². The van der Waals surface area contributed by atoms with Gasteiger partial charge in [0.15, 0.2) is 0 Å². The summed E-state index contributed by atoms with van der Waals surface area (Å²) in [5.74, 6) is -0.373. The van der Waals surface area contributed by atoms with Crippen molar-refractivity contribution in [2.45, 2.75) is 176 Å². The molecular weight excluding hydrogens is 829 g/mol. The van der Waals surface area contributed by atoms with Crippen LogP contribution in [-0.2, 0) is 19.1 Å². The van der Waals surface area contributed by atoms with Crippen LogP contribution in [0.1, 0.15) is 201 Å². The van der Waals surface area contributed by atoms with Gasteiger partial charge >= 0.3 is 11.9 Å². The highest BCUT2D eigenvalue weighted by Gasteiger charge is 2.42. The molecule has 5 heterocycles. The van der Waals surface area contributed by atoms with E-state index >= 15 is 0 Å². The standard InChI is InChI=1S/C55H78N4O7/c1-12-38-34(7)40-28-45-48(46(61)29-60)36(9)42(57-45)26-41-35(8)39(52(58-41)50-51(55(64)65-11)54(63)49-37(10)43(59-53(49)50)27-44(38)56-40)22-23-47(62)66-25-24-33(6)21-15-20-32(5)19-14-18-31(4)17-13-16-30(2)3/h24,26-28,30-32,34-35,38-39,51,57,59-61,63H,12-23,25,29H2,1-11H3/b33-24+,41-26?,44-27?,45-28?,48-46?/t31-,32-,34-,35+,38-,39+,51-/m1/s1. The maximum Gasteiger partial charge on any atom is 0.321 e. The number of ether oxygens (including phenoxy) is 2. The summed E-state index contributed by atoms with van der Waals surface area (Å²) in [5, 5.41) is 34.2. The average Bonchev–Trinajstić information content (AvgIpc) is 4.02. The maximum absolute atomic E-state index is 13.7. The number of H-pyrrole nitrogens is 2. The van der Waals surface area contributed by atoms with Gasteiger partial charge in [0, 0.05) is 74.2 Å². The Morgan fingerprint density at radius 2 is 1.42 bits per heavy atom. The summed E-state index contributed by atoms with van der Waals surface area (Å²) in [6, 6.07) is 5.93. The Morgan fingerprint density at radius 1 is 0.818 bits per heavy atom. The molecule has 0 radical (unpaired) electrons. The number of rotatable bonds is 20. The lowest BCUT2D eigenvalue weighted by atomic mass is 9.84. The number of allylic oxidation sites excluding steroid dienone is 1. The highest BCUT2D eigenvalue weighted by molar-refractivity contribution is 5.96. The number of aliphatic hydroxyl groups excluding tert-OH is 3. The summed E-state index contributed by atoms with van der Waals surface area (Å²) in [7, 11) is 1.31. The van der Waals surface area contributed by atoms with Gasteiger partial charge in [-0.25, -0.2) is 0 Å². The minimum absolute atomic E-state index is 0.0604. The number of esters is 2. The molecule has 2 aliphatic heterocycles. The Hall–Kier alpha value is -4.90. The Balaban J connectivity index is 1.27. The minimum atomic E-state index is -1.12. The number of methoxy groups -OCH3 is 1. The highest BCUT2D eigenvalue weighted by atomic mass is 16.5. The molecule has 66 heavy (non-hydrogen) atoms. The Kier molecular flexibility index (Phi) is 17.0. The molecule has 0 aromatic carbocycles. The second kappa shape index (κ2) is 22.3. The van der Waals surface area contributed by atoms with Crippen molar-refractivity contribution in [2.24, 2.45) is 17.8 Å². The lowest BCUT2D eigenvalue weighted by molar-refractivity contribution is -0.143. The fraction of sp³-hybridized carbons (Fsp3) is 0.600. The molecule has 0 spiro atoms. The normalized spacial score (nSPS) is 20.8. The highest BCUT2D eigenvalue weighted by Crippen LogP contribution is 2.46. The van der Waals surface area contributed by atoms with E-state index in [0.29, 0.717) is 56.3 Å². The summed E-state index contributed by atoms with van der Waals surface area (Å²) >= 11 is 0. The molecule has 3 aromatic rings. The van der Waals surface area contributed by atoms with Gasteiger partial charge in [0.1, 0.15) is 30.6 Å². The van der Waals surface area contributed by atoms with Gasteiger partial charge in [-0.05, 0) is 99.6 Å². The van der Waals surface area contributed by atoms with Gasteiger partial charge in [0.05, 0.1) is 23.8 Å². The van der Waals surface area contributed by atoms with Crippen molar-refractivity contribution in [1.82, 2.24) is 19.9 Å². The van der Waals surface area contributed by atoms with Crippen LogP contribution in [0.15, 0.2) is 29.8 Å². The quantitative estimate of drug-likeness (QED) is 0.0547. The molecule has 11 heteroatoms. The number of carbonyl (C=O) groups is 2. The van der Waals surface area contributed by atoms with E-state index in [2.05, 4.69) is 65.4 Å². The lowest BCUT2D eigenvalue weighted by Crippen LogP contribution is -2.18. The monoisotopic (exact) mass is 907 g/mol. The van der Waals surface area contributed by atoms with Gasteiger partial charge in [-0.1, -0.05) is 99.0 Å². The Bertz CT molecular complexity index is 2570. The van der Waals surface area contributed by atoms with E-state index in [1.807, 2.05) is 38.1 Å². The molecule has 5 N–H and O–H groups in total. The molecule has 360 valence electrons. The third-order valence-corrected chi connectivity index (χ3v) is 15.0. The largest absolute Gasteiger partial charge is 0.510 e. The molecule has 1 aliphatic carbocycles. The first-order chi connectivity index (χ1) is 31.5. The Labute approximate surface area is 392 Å². The Morgan fingerprint density at radius 3 is 2.08 bits per heavy atom. The van der Waals surface area contributed by atoms with E-state index in [0.717, 1.165) is 59.1 Å². The van der Waals surface area contributed by atoms with Gasteiger partial charge in [0.25, 0.3) is 0 Å². The van der Waals surface area contributed by atoms with E-state index in [-0.39, 0.29) is 54.2 Å². The van der Waals surface area contributed by atoms with Crippen LogP contribution in [0, 0.1) is 31.6 Å². The fourth-order valence-electron chi connectivity index (χ4n) is 10.8. The van der Waals surface area contributed by atoms with Crippen molar-refractivity contribution in [3.8, 4) is 0 Å². The average molecular weight is 907 g/mol. The number of nitrogens with zero attached hydrogens (tertiary/aromatic N) is 2. The first-order valence-electron chi connectivity index (χ1n) is 24.9. The van der Waals surface area contributed by atoms with Gasteiger partial charge < -0.3 is 34.8 Å². The SMILES string of the molecule is CC[C@H]1c2cc3[nH]c4c(c5nc(cc6[nH]c(cc(n2)[C@@H]1C)c(=C(O)CO)c6C)[C@@H](C)[C@@H]5CCC(=O)OC/C=C(\C)CCC[C@H](C)CCC[C@H](C)CCCC(C)C)[C@@H](C(=O)OC)C(O)=c4c3C. The fourth-order valence-corrected chi connectivity index (χ4v) is 10.8. The minimum Gasteiger partial charge on any atom is -0.510 e. The number of aromatic nitrogens is 4. The number of carbonyl (C=O) groups excluding carboxylic acids is 2. The lowest BCUT2D eigenvalue weighted by Gasteiger charge is -2.19. The van der Waals surface area contributed by atoms with Crippen LogP contribution in [0.5, 0.6) is 0 Å². The van der Waals surface area contributed by atoms with Crippen LogP contribution < -0.4 is 10.4 Å². The summed E-state index contributed by atoms with van der Waals surface area (Å²) in [6.07, 6.45) is 14.6. The first kappa shape index (κ1) is 50.5. The van der Waals surface area contributed by atoms with E-state index in [4.69, 9.17) is 19.4 Å². The van der Waals surface area contributed by atoms with E-state index < -0.39 is 18.5 Å². The molecule has 0 saturated carbocycles. The summed E-state index contributed by atoms with van der Waals surface area (Å²) in [4.78, 5) is 44.6. The number of aliphatic hydroxyl groups is 3. The number of aryl methyl sites for hydroxylation is 2. The molecular formula is C55H78N4O7. The van der Waals surface area contributed by atoms with Gasteiger partial charge in [0.2, 0.25) is 0 Å². The molecule has 3 aliphatic rings.